The Balaban J connectivity index is 1.42. The minimum absolute atomic E-state index is 0.414. The molecule has 0 amide bonds. The van der Waals surface area contributed by atoms with E-state index in [0.717, 1.165) is 42.1 Å². The van der Waals surface area contributed by atoms with Gasteiger partial charge in [-0.25, -0.2) is 9.78 Å². The number of ether oxygens (including phenoxy) is 1. The molecule has 0 bridgehead atoms. The van der Waals surface area contributed by atoms with E-state index in [-0.39, 0.29) is 0 Å². The maximum atomic E-state index is 12.7. The van der Waals surface area contributed by atoms with Crippen molar-refractivity contribution in [2.24, 2.45) is 0 Å². The molecule has 1 fully saturated rings. The Morgan fingerprint density at radius 3 is 2.77 bits per heavy atom. The van der Waals surface area contributed by atoms with Gasteiger partial charge in [0.2, 0.25) is 0 Å². The third-order valence-electron chi connectivity index (χ3n) is 5.58. The predicted molar refractivity (Wildman–Crippen MR) is 115 cm³/mol. The molecule has 1 saturated heterocycles. The molecule has 0 radical (unpaired) electrons. The molecule has 4 aromatic rings. The van der Waals surface area contributed by atoms with Crippen LogP contribution < -0.4 is 10.4 Å². The Labute approximate surface area is 173 Å². The van der Waals surface area contributed by atoms with Gasteiger partial charge in [-0.2, -0.15) is 0 Å². The summed E-state index contributed by atoms with van der Waals surface area (Å²) in [5.41, 5.74) is 3.56. The van der Waals surface area contributed by atoms with Crippen molar-refractivity contribution >= 4 is 16.6 Å². The van der Waals surface area contributed by atoms with Crippen LogP contribution in [0.4, 0.5) is 0 Å². The molecule has 154 valence electrons. The summed E-state index contributed by atoms with van der Waals surface area (Å²) in [6, 6.07) is 7.44. The molecule has 1 aromatic carbocycles. The van der Waals surface area contributed by atoms with Crippen molar-refractivity contribution in [3.05, 3.63) is 58.5 Å². The van der Waals surface area contributed by atoms with Gasteiger partial charge >= 0.3 is 5.63 Å². The topological polar surface area (TPSA) is 72.9 Å². The van der Waals surface area contributed by atoms with Crippen LogP contribution >= 0.6 is 0 Å². The lowest BCUT2D eigenvalue weighted by molar-refractivity contribution is 0.238. The molecule has 30 heavy (non-hydrogen) atoms. The second-order valence-corrected chi connectivity index (χ2v) is 7.87. The van der Waals surface area contributed by atoms with Gasteiger partial charge in [0.05, 0.1) is 22.6 Å². The Morgan fingerprint density at radius 1 is 1.10 bits per heavy atom. The highest BCUT2D eigenvalue weighted by atomic mass is 16.5. The summed E-state index contributed by atoms with van der Waals surface area (Å²) >= 11 is 0. The van der Waals surface area contributed by atoms with Gasteiger partial charge in [0.1, 0.15) is 17.9 Å². The Bertz CT molecular complexity index is 1290. The number of imidazole rings is 1. The number of likely N-dealkylation sites (tertiary alicyclic amines) is 1. The molecule has 3 aromatic heterocycles. The smallest absolute Gasteiger partial charge is 0.345 e. The monoisotopic (exact) mass is 404 g/mol. The summed E-state index contributed by atoms with van der Waals surface area (Å²) in [7, 11) is 0. The van der Waals surface area contributed by atoms with Crippen molar-refractivity contribution in [1.29, 1.82) is 0 Å². The van der Waals surface area contributed by atoms with Gasteiger partial charge in [-0.05, 0) is 58.0 Å². The molecule has 0 N–H and O–H groups in total. The van der Waals surface area contributed by atoms with Crippen molar-refractivity contribution in [1.82, 2.24) is 19.3 Å². The number of rotatable bonds is 5. The van der Waals surface area contributed by atoms with Crippen LogP contribution in [0.15, 0.2) is 45.9 Å². The number of benzene rings is 1. The van der Waals surface area contributed by atoms with E-state index in [1.54, 1.807) is 6.07 Å². The fourth-order valence-electron chi connectivity index (χ4n) is 4.09. The lowest BCUT2D eigenvalue weighted by atomic mass is 10.1. The highest BCUT2D eigenvalue weighted by Gasteiger charge is 2.14. The van der Waals surface area contributed by atoms with Crippen LogP contribution in [0.2, 0.25) is 0 Å². The van der Waals surface area contributed by atoms with Crippen molar-refractivity contribution in [2.45, 2.75) is 26.7 Å². The second-order valence-electron chi connectivity index (χ2n) is 7.87. The minimum Gasteiger partial charge on any atom is -0.492 e. The SMILES string of the molecule is Cc1cn2cc(-c3cc4ccc(OCCN5CCCC5)cc4oc3=O)nc2c(C)n1. The van der Waals surface area contributed by atoms with E-state index in [1.807, 2.05) is 48.8 Å². The van der Waals surface area contributed by atoms with E-state index in [1.165, 1.54) is 12.8 Å². The van der Waals surface area contributed by atoms with Crippen LogP contribution in [-0.2, 0) is 0 Å². The predicted octanol–water partition coefficient (Wildman–Crippen LogP) is 3.59. The fraction of sp³-hybridized carbons (Fsp3) is 0.348. The first-order chi connectivity index (χ1) is 14.6. The van der Waals surface area contributed by atoms with E-state index < -0.39 is 5.63 Å². The summed E-state index contributed by atoms with van der Waals surface area (Å²) in [5, 5.41) is 0.833. The minimum atomic E-state index is -0.414. The summed E-state index contributed by atoms with van der Waals surface area (Å²) in [5.74, 6) is 0.711. The van der Waals surface area contributed by atoms with Crippen LogP contribution in [0.1, 0.15) is 24.2 Å². The van der Waals surface area contributed by atoms with Gasteiger partial charge in [0.15, 0.2) is 5.65 Å². The van der Waals surface area contributed by atoms with Crippen molar-refractivity contribution in [3.8, 4) is 17.0 Å². The van der Waals surface area contributed by atoms with Crippen LogP contribution in [0.3, 0.4) is 0 Å². The zero-order valence-corrected chi connectivity index (χ0v) is 17.2. The average molecular weight is 404 g/mol. The molecule has 1 aliphatic heterocycles. The van der Waals surface area contributed by atoms with Crippen LogP contribution in [0.25, 0.3) is 27.9 Å². The molecule has 0 aliphatic carbocycles. The Hall–Kier alpha value is -3.19. The summed E-state index contributed by atoms with van der Waals surface area (Å²) in [4.78, 5) is 24.1. The molecular formula is C23H24N4O3. The Morgan fingerprint density at radius 2 is 1.93 bits per heavy atom. The van der Waals surface area contributed by atoms with E-state index >= 15 is 0 Å². The molecule has 4 heterocycles. The largest absolute Gasteiger partial charge is 0.492 e. The number of fused-ring (bicyclic) bond motifs is 2. The molecule has 0 spiro atoms. The van der Waals surface area contributed by atoms with Gasteiger partial charge < -0.3 is 13.6 Å². The fourth-order valence-corrected chi connectivity index (χ4v) is 4.09. The first-order valence-electron chi connectivity index (χ1n) is 10.3. The van der Waals surface area contributed by atoms with Crippen molar-refractivity contribution in [2.75, 3.05) is 26.2 Å². The molecule has 0 saturated carbocycles. The highest BCUT2D eigenvalue weighted by molar-refractivity contribution is 5.82. The van der Waals surface area contributed by atoms with Crippen LogP contribution in [0, 0.1) is 13.8 Å². The lowest BCUT2D eigenvalue weighted by Gasteiger charge is -2.15. The van der Waals surface area contributed by atoms with Gasteiger partial charge in [-0.15, -0.1) is 0 Å². The van der Waals surface area contributed by atoms with Crippen molar-refractivity contribution in [3.63, 3.8) is 0 Å². The maximum absolute atomic E-state index is 12.7. The van der Waals surface area contributed by atoms with E-state index in [4.69, 9.17) is 9.15 Å². The average Bonchev–Trinajstić information content (AvgIpc) is 3.37. The molecule has 7 nitrogen and oxygen atoms in total. The third-order valence-corrected chi connectivity index (χ3v) is 5.58. The first-order valence-corrected chi connectivity index (χ1v) is 10.3. The number of aromatic nitrogens is 3. The van der Waals surface area contributed by atoms with E-state index in [2.05, 4.69) is 14.9 Å². The maximum Gasteiger partial charge on any atom is 0.345 e. The first kappa shape index (κ1) is 18.8. The quantitative estimate of drug-likeness (QED) is 0.473. The van der Waals surface area contributed by atoms with Gasteiger partial charge in [0, 0.05) is 30.4 Å². The second kappa shape index (κ2) is 7.57. The molecule has 0 atom stereocenters. The van der Waals surface area contributed by atoms with Gasteiger partial charge in [-0.3, -0.25) is 9.88 Å². The van der Waals surface area contributed by atoms with E-state index in [0.29, 0.717) is 29.2 Å². The number of hydrogen-bond acceptors (Lipinski definition) is 6. The van der Waals surface area contributed by atoms with Crippen LogP contribution in [0.5, 0.6) is 5.75 Å². The number of hydrogen-bond donors (Lipinski definition) is 0. The molecule has 7 heteroatoms. The van der Waals surface area contributed by atoms with Gasteiger partial charge in [0.25, 0.3) is 0 Å². The Kier molecular flexibility index (Phi) is 4.75. The summed E-state index contributed by atoms with van der Waals surface area (Å²) < 4.78 is 13.4. The molecule has 0 unspecified atom stereocenters. The van der Waals surface area contributed by atoms with E-state index in [9.17, 15) is 4.79 Å². The lowest BCUT2D eigenvalue weighted by Crippen LogP contribution is -2.25. The van der Waals surface area contributed by atoms with Gasteiger partial charge in [-0.1, -0.05) is 0 Å². The normalized spacial score (nSPS) is 14.7. The molecule has 5 rings (SSSR count). The highest BCUT2D eigenvalue weighted by Crippen LogP contribution is 2.25. The molecule has 1 aliphatic rings. The standard InChI is InChI=1S/C23H24N4O3/c1-15-13-27-14-20(25-22(27)16(2)24-15)19-11-17-5-6-18(12-21(17)30-23(19)28)29-10-9-26-7-3-4-8-26/h5-6,11-14H,3-4,7-10H2,1-2H3. The summed E-state index contributed by atoms with van der Waals surface area (Å²) in [6.07, 6.45) is 6.27. The molecular weight excluding hydrogens is 380 g/mol. The summed E-state index contributed by atoms with van der Waals surface area (Å²) in [6.45, 7) is 7.69. The third kappa shape index (κ3) is 3.57. The number of nitrogens with zero attached hydrogens (tertiary/aromatic N) is 4. The number of aryl methyl sites for hydroxylation is 2. The zero-order valence-electron chi connectivity index (χ0n) is 17.2. The van der Waals surface area contributed by atoms with Crippen molar-refractivity contribution < 1.29 is 9.15 Å². The van der Waals surface area contributed by atoms with Crippen LogP contribution in [-0.4, -0.2) is 45.5 Å². The zero-order chi connectivity index (χ0) is 20.7.